The summed E-state index contributed by atoms with van der Waals surface area (Å²) in [6.45, 7) is 1.82. The number of nitrogens with one attached hydrogen (secondary N) is 1. The molecule has 0 radical (unpaired) electrons. The number of halogens is 1. The number of benzene rings is 1. The zero-order chi connectivity index (χ0) is 11.0. The highest BCUT2D eigenvalue weighted by Gasteiger charge is 2.49. The van der Waals surface area contributed by atoms with Gasteiger partial charge in [-0.2, -0.15) is 5.48 Å². The van der Waals surface area contributed by atoms with E-state index in [0.29, 0.717) is 18.8 Å². The van der Waals surface area contributed by atoms with Crippen LogP contribution >= 0.6 is 0 Å². The minimum Gasteiger partial charge on any atom is -0.379 e. The fourth-order valence-electron chi connectivity index (χ4n) is 2.61. The molecule has 2 atom stereocenters. The van der Waals surface area contributed by atoms with Gasteiger partial charge in [-0.25, -0.2) is 4.39 Å². The smallest absolute Gasteiger partial charge is 0.128 e. The Balaban J connectivity index is 2.05. The lowest BCUT2D eigenvalue weighted by atomic mass is 9.77. The SMILES string of the molecule is Fc1ccccc1C12COCCC1CON2. The quantitative estimate of drug-likeness (QED) is 0.784. The van der Waals surface area contributed by atoms with E-state index in [1.807, 2.05) is 6.07 Å². The Hall–Kier alpha value is -0.970. The fourth-order valence-corrected chi connectivity index (χ4v) is 2.61. The Morgan fingerprint density at radius 2 is 2.25 bits per heavy atom. The standard InChI is InChI=1S/C12H14FNO2/c13-11-4-2-1-3-10(11)12-8-15-6-5-9(12)7-16-14-12/h1-4,9,14H,5-8H2. The van der Waals surface area contributed by atoms with Crippen LogP contribution in [0.1, 0.15) is 12.0 Å². The predicted octanol–water partition coefficient (Wildman–Crippen LogP) is 1.59. The lowest BCUT2D eigenvalue weighted by Crippen LogP contribution is -2.49. The normalized spacial score (nSPS) is 33.7. The van der Waals surface area contributed by atoms with Gasteiger partial charge in [0.15, 0.2) is 0 Å². The second kappa shape index (κ2) is 3.80. The van der Waals surface area contributed by atoms with Gasteiger partial charge >= 0.3 is 0 Å². The van der Waals surface area contributed by atoms with Crippen LogP contribution < -0.4 is 5.48 Å². The zero-order valence-corrected chi connectivity index (χ0v) is 8.91. The molecule has 1 N–H and O–H groups in total. The summed E-state index contributed by atoms with van der Waals surface area (Å²) >= 11 is 0. The summed E-state index contributed by atoms with van der Waals surface area (Å²) in [6, 6.07) is 6.83. The van der Waals surface area contributed by atoms with Gasteiger partial charge in [0, 0.05) is 18.1 Å². The molecule has 0 spiro atoms. The highest BCUT2D eigenvalue weighted by molar-refractivity contribution is 5.28. The third-order valence-electron chi connectivity index (χ3n) is 3.53. The topological polar surface area (TPSA) is 30.5 Å². The van der Waals surface area contributed by atoms with Crippen LogP contribution in [-0.2, 0) is 15.1 Å². The highest BCUT2D eigenvalue weighted by atomic mass is 19.1. The molecule has 0 saturated carbocycles. The minimum atomic E-state index is -0.496. The van der Waals surface area contributed by atoms with E-state index in [9.17, 15) is 4.39 Å². The molecule has 0 amide bonds. The van der Waals surface area contributed by atoms with Crippen LogP contribution in [-0.4, -0.2) is 19.8 Å². The highest BCUT2D eigenvalue weighted by Crippen LogP contribution is 2.40. The van der Waals surface area contributed by atoms with Crippen molar-refractivity contribution in [3.05, 3.63) is 35.6 Å². The van der Waals surface area contributed by atoms with E-state index in [0.717, 1.165) is 13.0 Å². The van der Waals surface area contributed by atoms with E-state index in [1.165, 1.54) is 6.07 Å². The maximum atomic E-state index is 13.9. The molecule has 2 unspecified atom stereocenters. The summed E-state index contributed by atoms with van der Waals surface area (Å²) in [7, 11) is 0. The van der Waals surface area contributed by atoms with Crippen LogP contribution in [0.3, 0.4) is 0 Å². The first-order chi connectivity index (χ1) is 7.83. The van der Waals surface area contributed by atoms with Crippen LogP contribution in [0.5, 0.6) is 0 Å². The van der Waals surface area contributed by atoms with Gasteiger partial charge in [-0.3, -0.25) is 0 Å². The molecule has 3 rings (SSSR count). The Morgan fingerprint density at radius 3 is 3.12 bits per heavy atom. The second-order valence-corrected chi connectivity index (χ2v) is 4.40. The van der Waals surface area contributed by atoms with Crippen molar-refractivity contribution in [1.29, 1.82) is 0 Å². The molecule has 0 aliphatic carbocycles. The van der Waals surface area contributed by atoms with Crippen molar-refractivity contribution >= 4 is 0 Å². The summed E-state index contributed by atoms with van der Waals surface area (Å²) in [5.74, 6) is 0.0918. The van der Waals surface area contributed by atoms with Gasteiger partial charge in [-0.05, 0) is 12.5 Å². The molecular formula is C12H14FNO2. The minimum absolute atomic E-state index is 0.198. The van der Waals surface area contributed by atoms with Crippen molar-refractivity contribution in [3.8, 4) is 0 Å². The van der Waals surface area contributed by atoms with Crippen molar-refractivity contribution in [3.63, 3.8) is 0 Å². The van der Waals surface area contributed by atoms with Crippen LogP contribution in [0.15, 0.2) is 24.3 Å². The first kappa shape index (κ1) is 10.2. The molecule has 2 aliphatic rings. The van der Waals surface area contributed by atoms with Crippen LogP contribution in [0, 0.1) is 11.7 Å². The molecule has 86 valence electrons. The maximum absolute atomic E-state index is 13.9. The largest absolute Gasteiger partial charge is 0.379 e. The third-order valence-corrected chi connectivity index (χ3v) is 3.53. The third kappa shape index (κ3) is 1.38. The molecule has 2 saturated heterocycles. The molecular weight excluding hydrogens is 209 g/mol. The monoisotopic (exact) mass is 223 g/mol. The zero-order valence-electron chi connectivity index (χ0n) is 8.91. The Kier molecular flexibility index (Phi) is 2.42. The Labute approximate surface area is 93.5 Å². The summed E-state index contributed by atoms with van der Waals surface area (Å²) < 4.78 is 19.3. The molecule has 1 aromatic carbocycles. The van der Waals surface area contributed by atoms with E-state index in [4.69, 9.17) is 9.57 Å². The maximum Gasteiger partial charge on any atom is 0.128 e. The fraction of sp³-hybridized carbons (Fsp3) is 0.500. The van der Waals surface area contributed by atoms with E-state index in [2.05, 4.69) is 5.48 Å². The molecule has 4 heteroatoms. The summed E-state index contributed by atoms with van der Waals surface area (Å²) in [6.07, 6.45) is 0.904. The van der Waals surface area contributed by atoms with Crippen LogP contribution in [0.4, 0.5) is 4.39 Å². The van der Waals surface area contributed by atoms with Gasteiger partial charge in [0.25, 0.3) is 0 Å². The number of ether oxygens (including phenoxy) is 1. The lowest BCUT2D eigenvalue weighted by Gasteiger charge is -2.37. The van der Waals surface area contributed by atoms with Crippen molar-refractivity contribution in [2.75, 3.05) is 19.8 Å². The van der Waals surface area contributed by atoms with Gasteiger partial charge in [0.2, 0.25) is 0 Å². The summed E-state index contributed by atoms with van der Waals surface area (Å²) in [4.78, 5) is 5.31. The average molecular weight is 223 g/mol. The van der Waals surface area contributed by atoms with Crippen molar-refractivity contribution in [1.82, 2.24) is 5.48 Å². The number of hydrogen-bond donors (Lipinski definition) is 1. The van der Waals surface area contributed by atoms with E-state index in [-0.39, 0.29) is 11.7 Å². The average Bonchev–Trinajstić information content (AvgIpc) is 2.74. The first-order valence-corrected chi connectivity index (χ1v) is 5.55. The van der Waals surface area contributed by atoms with Crippen molar-refractivity contribution in [2.45, 2.75) is 12.0 Å². The van der Waals surface area contributed by atoms with Crippen LogP contribution in [0.2, 0.25) is 0 Å². The molecule has 0 bridgehead atoms. The number of hydrogen-bond acceptors (Lipinski definition) is 3. The second-order valence-electron chi connectivity index (χ2n) is 4.40. The molecule has 0 aromatic heterocycles. The molecule has 2 aliphatic heterocycles. The first-order valence-electron chi connectivity index (χ1n) is 5.55. The van der Waals surface area contributed by atoms with Gasteiger partial charge in [0.05, 0.1) is 18.8 Å². The van der Waals surface area contributed by atoms with Crippen LogP contribution in [0.25, 0.3) is 0 Å². The molecule has 3 nitrogen and oxygen atoms in total. The molecule has 16 heavy (non-hydrogen) atoms. The molecule has 2 fully saturated rings. The number of fused-ring (bicyclic) bond motifs is 1. The van der Waals surface area contributed by atoms with Crippen molar-refractivity contribution in [2.24, 2.45) is 5.92 Å². The number of hydroxylamine groups is 1. The van der Waals surface area contributed by atoms with Gasteiger partial charge in [-0.1, -0.05) is 18.2 Å². The van der Waals surface area contributed by atoms with E-state index >= 15 is 0 Å². The predicted molar refractivity (Wildman–Crippen MR) is 56.1 cm³/mol. The Bertz CT molecular complexity index is 398. The molecule has 2 heterocycles. The summed E-state index contributed by atoms with van der Waals surface area (Å²) in [5.41, 5.74) is 3.12. The Morgan fingerprint density at radius 1 is 1.38 bits per heavy atom. The lowest BCUT2D eigenvalue weighted by molar-refractivity contribution is -0.0226. The molecule has 1 aromatic rings. The van der Waals surface area contributed by atoms with E-state index in [1.54, 1.807) is 12.1 Å². The van der Waals surface area contributed by atoms with Gasteiger partial charge < -0.3 is 9.57 Å². The number of rotatable bonds is 1. The van der Waals surface area contributed by atoms with Gasteiger partial charge in [-0.15, -0.1) is 0 Å². The van der Waals surface area contributed by atoms with Gasteiger partial charge in [0.1, 0.15) is 5.82 Å². The summed E-state index contributed by atoms with van der Waals surface area (Å²) in [5, 5.41) is 0. The van der Waals surface area contributed by atoms with Crippen molar-refractivity contribution < 1.29 is 14.0 Å². The van der Waals surface area contributed by atoms with E-state index < -0.39 is 5.54 Å².